The molecule has 35 heteroatoms. The highest BCUT2D eigenvalue weighted by Gasteiger charge is 2.45. The minimum atomic E-state index is -1.46. The summed E-state index contributed by atoms with van der Waals surface area (Å²) in [4.78, 5) is 114. The monoisotopic (exact) mass is 1840 g/mol. The molecule has 728 valence electrons. The van der Waals surface area contributed by atoms with Crippen LogP contribution in [0.15, 0.2) is 115 Å². The van der Waals surface area contributed by atoms with Gasteiger partial charge in [-0.15, -0.1) is 0 Å². The van der Waals surface area contributed by atoms with Crippen molar-refractivity contribution in [2.24, 2.45) is 11.6 Å². The Labute approximate surface area is 769 Å². The van der Waals surface area contributed by atoms with Crippen molar-refractivity contribution >= 4 is 70.2 Å². The summed E-state index contributed by atoms with van der Waals surface area (Å²) < 4.78 is 43.9. The number of hydrogen-bond donors (Lipinski definition) is 16. The smallest absolute Gasteiger partial charge is 0.248 e. The zero-order valence-corrected chi connectivity index (χ0v) is 78.2. The number of nitrogens with one attached hydrogen (secondary N) is 10. The maximum absolute atomic E-state index is 14.1. The van der Waals surface area contributed by atoms with Crippen molar-refractivity contribution in [3.05, 3.63) is 132 Å². The number of ether oxygens (including phenoxy) is 8. The van der Waals surface area contributed by atoms with E-state index >= 15 is 0 Å². The van der Waals surface area contributed by atoms with Crippen LogP contribution < -0.4 is 69.7 Å². The predicted octanol–water partition coefficient (Wildman–Crippen LogP) is 7.31. The SMILES string of the molecule is CC(=O)NCCCOCCOCCOCCCNC(=O)CONC(c1ccccc1)(c1ccccc1)c1ccccc1.CC(=S)Nc1ccc(O[C@H]2OC(CO)[C@@H](O)[C@H](O)C2O)cc1.CCCCCC(NC(=O)[C@H](CCCCC)NC(=O)C(CCCCC)NC(=O)[C@@H](N)CCCCC)C(=O)N[C@@H](CCCCC)C(=O)NCCCOCCOCCOCCCNC(=O)CON. The number of amides is 8. The van der Waals surface area contributed by atoms with Gasteiger partial charge in [0.1, 0.15) is 73.1 Å². The number of unbranched alkanes of at least 4 members (excludes halogenated alkanes) is 10. The predicted molar refractivity (Wildman–Crippen MR) is 499 cm³/mol. The van der Waals surface area contributed by atoms with Crippen LogP contribution in [0.2, 0.25) is 0 Å². The van der Waals surface area contributed by atoms with Crippen molar-refractivity contribution < 1.29 is 106 Å². The first-order valence-electron chi connectivity index (χ1n) is 46.2. The van der Waals surface area contributed by atoms with Gasteiger partial charge >= 0.3 is 0 Å². The normalized spacial score (nSPS) is 15.9. The zero-order valence-electron chi connectivity index (χ0n) is 77.3. The highest BCUT2D eigenvalue weighted by atomic mass is 32.1. The number of carbonyl (C=O) groups is 8. The fourth-order valence-corrected chi connectivity index (χ4v) is 13.5. The molecule has 4 unspecified atom stereocenters. The number of carbonyl (C=O) groups excluding carboxylic acids is 8. The van der Waals surface area contributed by atoms with E-state index in [-0.39, 0.29) is 42.7 Å². The highest BCUT2D eigenvalue weighted by Crippen LogP contribution is 2.37. The summed E-state index contributed by atoms with van der Waals surface area (Å²) in [7, 11) is 0. The first-order valence-corrected chi connectivity index (χ1v) is 46.7. The Morgan fingerprint density at radius 2 is 0.767 bits per heavy atom. The van der Waals surface area contributed by atoms with Gasteiger partial charge in [-0.1, -0.05) is 234 Å². The van der Waals surface area contributed by atoms with Crippen molar-refractivity contribution in [1.29, 1.82) is 0 Å². The minimum Gasteiger partial charge on any atom is -0.462 e. The molecule has 1 saturated heterocycles. The van der Waals surface area contributed by atoms with Crippen LogP contribution in [-0.4, -0.2) is 259 Å². The lowest BCUT2D eigenvalue weighted by atomic mass is 9.78. The van der Waals surface area contributed by atoms with E-state index in [2.05, 4.69) is 92.8 Å². The van der Waals surface area contributed by atoms with Gasteiger partial charge in [-0.05, 0) is 106 Å². The lowest BCUT2D eigenvalue weighted by Gasteiger charge is -2.39. The molecule has 8 amide bonds. The summed E-state index contributed by atoms with van der Waals surface area (Å²) >= 11 is 4.94. The molecule has 1 aliphatic rings. The first kappa shape index (κ1) is 115. The number of rotatable bonds is 70. The van der Waals surface area contributed by atoms with Crippen molar-refractivity contribution in [3.63, 3.8) is 0 Å². The molecule has 1 heterocycles. The average Bonchev–Trinajstić information content (AvgIpc) is 0.756. The second kappa shape index (κ2) is 73.3. The topological polar surface area (TPSA) is 482 Å². The first-order chi connectivity index (χ1) is 62.5. The molecule has 5 rings (SSSR count). The third-order valence-corrected chi connectivity index (χ3v) is 20.7. The third kappa shape index (κ3) is 50.8. The Bertz CT molecular complexity index is 3520. The van der Waals surface area contributed by atoms with E-state index in [4.69, 9.17) is 71.7 Å². The Morgan fingerprint density at radius 3 is 1.13 bits per heavy atom. The maximum atomic E-state index is 14.1. The molecule has 0 aromatic heterocycles. The molecule has 0 saturated carbocycles. The lowest BCUT2D eigenvalue weighted by Crippen LogP contribution is -2.60. The summed E-state index contributed by atoms with van der Waals surface area (Å²) in [6.45, 7) is 20.2. The van der Waals surface area contributed by atoms with Gasteiger partial charge in [-0.3, -0.25) is 48.0 Å². The number of benzene rings is 4. The van der Waals surface area contributed by atoms with E-state index in [9.17, 15) is 53.7 Å². The largest absolute Gasteiger partial charge is 0.462 e. The minimum absolute atomic E-state index is 0.0317. The Balaban J connectivity index is 0.000000564. The standard InChI is InChI=1S/C47H92N8O10.C33H43N3O6.C14H19NO6S/c1-6-11-16-23-37(48)43(57)52-39(25-18-13-8-3)45(59)54-41(27-20-15-10-5)47(61)55-40(26-19-14-9-4)46(60)53-38(24-17-12-7-2)44(58)51-29-22-31-63-33-35-64-34-32-62-30-21-28-50-42(56)36-65-49;1-28(37)34-19-11-21-39-23-25-41-26-24-40-22-12-20-35-32(38)27-42-36-33(29-13-5-2-6-14-29,30-15-7-3-8-16-30)31-17-9-4-10-18-31;1-7(22)15-8-2-4-9(5-3-8)20-14-13(19)12(18)11(17)10(6-16)21-14/h37-41H,6-36,48-49H2,1-5H3,(H,50,56)(H,51,58)(H,52,57)(H,53,60)(H,54,59)(H,55,61);2-10,13-18,36H,11-12,19-27H2,1H3,(H,34,37)(H,35,38);2-5,10-14,16-19H,6H2,1H3,(H,15,22)/t37-,38-,39?,40?,41-;;10?,11-,12+,13?,14+/m0.1/s1. The van der Waals surface area contributed by atoms with Crippen LogP contribution in [0.1, 0.15) is 219 Å². The summed E-state index contributed by atoms with van der Waals surface area (Å²) in [6.07, 6.45) is 11.1. The quantitative estimate of drug-likeness (QED) is 0.00891. The fraction of sp³-hybridized carbons (Fsp3) is 0.649. The number of hydroxylamine groups is 1. The van der Waals surface area contributed by atoms with Gasteiger partial charge in [0.15, 0.2) is 0 Å². The second-order valence-electron chi connectivity index (χ2n) is 31.5. The lowest BCUT2D eigenvalue weighted by molar-refractivity contribution is -0.277. The molecule has 1 aliphatic heterocycles. The second-order valence-corrected chi connectivity index (χ2v) is 32.1. The van der Waals surface area contributed by atoms with Gasteiger partial charge < -0.3 is 112 Å². The molecule has 0 aliphatic carbocycles. The number of nitrogens with two attached hydrogens (primary N) is 2. The molecule has 0 bridgehead atoms. The van der Waals surface area contributed by atoms with E-state index < -0.39 is 90.8 Å². The van der Waals surface area contributed by atoms with E-state index in [0.717, 1.165) is 112 Å². The molecular weight excluding hydrogens is 1680 g/mol. The van der Waals surface area contributed by atoms with Gasteiger partial charge in [-0.25, -0.2) is 5.90 Å². The number of aliphatic hydroxyl groups excluding tert-OH is 4. The molecule has 4 aromatic carbocycles. The van der Waals surface area contributed by atoms with E-state index in [1.54, 1.807) is 31.2 Å². The van der Waals surface area contributed by atoms with E-state index in [0.29, 0.717) is 180 Å². The average molecular weight is 1840 g/mol. The number of hydrogen-bond acceptors (Lipinski definition) is 26. The van der Waals surface area contributed by atoms with Crippen molar-refractivity contribution in [1.82, 2.24) is 48.0 Å². The van der Waals surface area contributed by atoms with Gasteiger partial charge in [0.25, 0.3) is 0 Å². The van der Waals surface area contributed by atoms with Crippen LogP contribution in [0.3, 0.4) is 0 Å². The number of thiocarbonyl (C=S) groups is 1. The number of aliphatic hydroxyl groups is 4. The van der Waals surface area contributed by atoms with Crippen molar-refractivity contribution in [3.8, 4) is 5.75 Å². The van der Waals surface area contributed by atoms with Crippen LogP contribution in [0.5, 0.6) is 5.75 Å². The summed E-state index contributed by atoms with van der Waals surface area (Å²) in [5.41, 5.74) is 12.4. The molecular formula is C94H154N12O22S. The summed E-state index contributed by atoms with van der Waals surface area (Å²) in [6, 6.07) is 32.7. The molecule has 1 fully saturated rings. The Hall–Kier alpha value is -8.31. The van der Waals surface area contributed by atoms with Gasteiger partial charge in [0.2, 0.25) is 53.5 Å². The summed E-state index contributed by atoms with van der Waals surface area (Å²) in [5, 5.41) is 64.2. The van der Waals surface area contributed by atoms with Crippen LogP contribution in [-0.2, 0) is 86.7 Å². The van der Waals surface area contributed by atoms with Crippen molar-refractivity contribution in [2.45, 2.75) is 269 Å². The third-order valence-electron chi connectivity index (χ3n) is 20.6. The maximum Gasteiger partial charge on any atom is 0.248 e. The van der Waals surface area contributed by atoms with Crippen LogP contribution in [0, 0.1) is 0 Å². The molecule has 0 radical (unpaired) electrons. The van der Waals surface area contributed by atoms with Crippen LogP contribution >= 0.6 is 12.2 Å². The van der Waals surface area contributed by atoms with E-state index in [1.165, 1.54) is 6.92 Å². The number of anilines is 1. The van der Waals surface area contributed by atoms with Crippen molar-refractivity contribution in [2.75, 3.05) is 131 Å². The highest BCUT2D eigenvalue weighted by molar-refractivity contribution is 7.80. The fourth-order valence-electron chi connectivity index (χ4n) is 13.4. The molecule has 4 aromatic rings. The Kier molecular flexibility index (Phi) is 65.2. The molecule has 34 nitrogen and oxygen atoms in total. The molecule has 129 heavy (non-hydrogen) atoms. The van der Waals surface area contributed by atoms with Gasteiger partial charge in [0, 0.05) is 65.2 Å². The Morgan fingerprint density at radius 1 is 0.419 bits per heavy atom. The van der Waals surface area contributed by atoms with Gasteiger partial charge in [-0.2, -0.15) is 5.48 Å². The molecule has 0 spiro atoms. The van der Waals surface area contributed by atoms with Crippen LogP contribution in [0.25, 0.3) is 0 Å². The van der Waals surface area contributed by atoms with Gasteiger partial charge in [0.05, 0.1) is 70.5 Å². The van der Waals surface area contributed by atoms with Crippen LogP contribution in [0.4, 0.5) is 5.69 Å². The zero-order chi connectivity index (χ0) is 94.3. The molecule has 18 N–H and O–H groups in total. The van der Waals surface area contributed by atoms with E-state index in [1.807, 2.05) is 91.0 Å². The molecule has 10 atom stereocenters. The summed E-state index contributed by atoms with van der Waals surface area (Å²) in [5.74, 6) is 2.70.